The lowest BCUT2D eigenvalue weighted by Crippen LogP contribution is -2.35. The van der Waals surface area contributed by atoms with Gasteiger partial charge in [0, 0.05) is 25.3 Å². The Labute approximate surface area is 126 Å². The summed E-state index contributed by atoms with van der Waals surface area (Å²) in [4.78, 5) is 13.4. The van der Waals surface area contributed by atoms with Crippen LogP contribution in [0.1, 0.15) is 49.3 Å². The first kappa shape index (κ1) is 14.4. The summed E-state index contributed by atoms with van der Waals surface area (Å²) in [5.74, 6) is 0.734. The van der Waals surface area contributed by atoms with Crippen molar-refractivity contribution in [1.82, 2.24) is 10.2 Å². The van der Waals surface area contributed by atoms with Crippen molar-refractivity contribution >= 4 is 11.7 Å². The Morgan fingerprint density at radius 3 is 2.76 bits per heavy atom. The van der Waals surface area contributed by atoms with Gasteiger partial charge in [-0.05, 0) is 43.0 Å². The summed E-state index contributed by atoms with van der Waals surface area (Å²) in [6.45, 7) is 0.691. The van der Waals surface area contributed by atoms with Gasteiger partial charge in [-0.3, -0.25) is 0 Å². The number of anilines is 1. The van der Waals surface area contributed by atoms with E-state index in [-0.39, 0.29) is 6.03 Å². The van der Waals surface area contributed by atoms with Crippen LogP contribution in [-0.4, -0.2) is 25.0 Å². The van der Waals surface area contributed by atoms with E-state index in [1.165, 1.54) is 43.2 Å². The highest BCUT2D eigenvalue weighted by Crippen LogP contribution is 2.36. The van der Waals surface area contributed by atoms with Crippen LogP contribution in [0, 0.1) is 5.92 Å². The molecule has 2 aliphatic rings. The summed E-state index contributed by atoms with van der Waals surface area (Å²) in [7, 11) is 3.90. The van der Waals surface area contributed by atoms with E-state index >= 15 is 0 Å². The molecule has 1 unspecified atom stereocenters. The number of benzene rings is 1. The topological polar surface area (TPSA) is 44.4 Å². The number of carbonyl (C=O) groups is 1. The molecule has 0 radical (unpaired) electrons. The fourth-order valence-electron chi connectivity index (χ4n) is 3.74. The highest BCUT2D eigenvalue weighted by atomic mass is 16.2. The number of amides is 2. The van der Waals surface area contributed by atoms with Gasteiger partial charge in [-0.15, -0.1) is 0 Å². The first-order valence-corrected chi connectivity index (χ1v) is 8.01. The molecular formula is C17H25N3O. The summed E-state index contributed by atoms with van der Waals surface area (Å²) >= 11 is 0. The van der Waals surface area contributed by atoms with Gasteiger partial charge in [0.2, 0.25) is 0 Å². The maximum Gasteiger partial charge on any atom is 0.321 e. The largest absolute Gasteiger partial charge is 0.323 e. The summed E-state index contributed by atoms with van der Waals surface area (Å²) < 4.78 is 0. The summed E-state index contributed by atoms with van der Waals surface area (Å²) in [5.41, 5.74) is 3.53. The van der Waals surface area contributed by atoms with Crippen LogP contribution in [0.15, 0.2) is 18.2 Å². The van der Waals surface area contributed by atoms with Crippen LogP contribution in [0.3, 0.4) is 0 Å². The third-order valence-corrected chi connectivity index (χ3v) is 4.92. The van der Waals surface area contributed by atoms with E-state index in [1.54, 1.807) is 4.90 Å². The van der Waals surface area contributed by atoms with E-state index in [1.807, 2.05) is 7.05 Å². The van der Waals surface area contributed by atoms with E-state index in [0.29, 0.717) is 12.6 Å². The van der Waals surface area contributed by atoms with Crippen molar-refractivity contribution in [2.45, 2.75) is 44.7 Å². The molecule has 114 valence electrons. The third-order valence-electron chi connectivity index (χ3n) is 4.92. The van der Waals surface area contributed by atoms with E-state index in [2.05, 4.69) is 35.9 Å². The van der Waals surface area contributed by atoms with Crippen molar-refractivity contribution in [1.29, 1.82) is 0 Å². The third kappa shape index (κ3) is 2.91. The summed E-state index contributed by atoms with van der Waals surface area (Å²) in [5, 5.41) is 6.45. The average molecular weight is 287 g/mol. The van der Waals surface area contributed by atoms with E-state index in [9.17, 15) is 4.79 Å². The van der Waals surface area contributed by atoms with Gasteiger partial charge in [0.25, 0.3) is 0 Å². The van der Waals surface area contributed by atoms with Gasteiger partial charge in [-0.25, -0.2) is 4.79 Å². The molecule has 1 saturated carbocycles. The van der Waals surface area contributed by atoms with Crippen molar-refractivity contribution in [2.75, 3.05) is 19.4 Å². The minimum absolute atomic E-state index is 0.0207. The summed E-state index contributed by atoms with van der Waals surface area (Å²) in [6, 6.07) is 6.90. The van der Waals surface area contributed by atoms with Gasteiger partial charge in [-0.2, -0.15) is 0 Å². The van der Waals surface area contributed by atoms with Crippen molar-refractivity contribution in [2.24, 2.45) is 5.92 Å². The smallest absolute Gasteiger partial charge is 0.321 e. The Kier molecular flexibility index (Phi) is 4.15. The molecular weight excluding hydrogens is 262 g/mol. The Hall–Kier alpha value is -1.55. The second-order valence-corrected chi connectivity index (χ2v) is 6.37. The normalized spacial score (nSPS) is 20.9. The maximum atomic E-state index is 11.7. The van der Waals surface area contributed by atoms with E-state index in [0.717, 1.165) is 11.6 Å². The fraction of sp³-hybridized carbons (Fsp3) is 0.588. The van der Waals surface area contributed by atoms with E-state index < -0.39 is 0 Å². The zero-order valence-corrected chi connectivity index (χ0v) is 13.0. The molecule has 1 heterocycles. The van der Waals surface area contributed by atoms with Crippen LogP contribution in [0.2, 0.25) is 0 Å². The molecule has 1 fully saturated rings. The van der Waals surface area contributed by atoms with Gasteiger partial charge < -0.3 is 15.5 Å². The monoisotopic (exact) mass is 287 g/mol. The van der Waals surface area contributed by atoms with Crippen LogP contribution in [0.25, 0.3) is 0 Å². The second-order valence-electron chi connectivity index (χ2n) is 6.37. The van der Waals surface area contributed by atoms with Crippen LogP contribution >= 0.6 is 0 Å². The SMILES string of the molecule is CNC(c1ccc2c(c1)CN(C)C(=O)N2)C1CCCCC1. The Bertz CT molecular complexity index is 523. The lowest BCUT2D eigenvalue weighted by molar-refractivity contribution is 0.218. The number of nitrogens with one attached hydrogen (secondary N) is 2. The standard InChI is InChI=1S/C17H25N3O/c1-18-16(12-6-4-3-5-7-12)13-8-9-15-14(10-13)11-20(2)17(21)19-15/h8-10,12,16,18H,3-7,11H2,1-2H3,(H,19,21). The van der Waals surface area contributed by atoms with Crippen LogP contribution < -0.4 is 10.6 Å². The number of fused-ring (bicyclic) bond motifs is 1. The molecule has 0 aromatic heterocycles. The lowest BCUT2D eigenvalue weighted by Gasteiger charge is -2.32. The number of rotatable bonds is 3. The molecule has 2 amide bonds. The number of hydrogen-bond acceptors (Lipinski definition) is 2. The number of hydrogen-bond donors (Lipinski definition) is 2. The van der Waals surface area contributed by atoms with Crippen LogP contribution in [0.4, 0.5) is 10.5 Å². The molecule has 2 N–H and O–H groups in total. The van der Waals surface area contributed by atoms with Gasteiger partial charge in [0.1, 0.15) is 0 Å². The van der Waals surface area contributed by atoms with Crippen molar-refractivity contribution < 1.29 is 4.79 Å². The Morgan fingerprint density at radius 1 is 1.29 bits per heavy atom. The van der Waals surface area contributed by atoms with Crippen LogP contribution in [0.5, 0.6) is 0 Å². The van der Waals surface area contributed by atoms with Crippen molar-refractivity contribution in [3.63, 3.8) is 0 Å². The minimum atomic E-state index is -0.0207. The molecule has 3 rings (SSSR count). The lowest BCUT2D eigenvalue weighted by atomic mass is 9.81. The number of urea groups is 1. The minimum Gasteiger partial charge on any atom is -0.323 e. The van der Waals surface area contributed by atoms with Gasteiger partial charge in [0.05, 0.1) is 0 Å². The zero-order chi connectivity index (χ0) is 14.8. The predicted molar refractivity (Wildman–Crippen MR) is 85.3 cm³/mol. The highest BCUT2D eigenvalue weighted by molar-refractivity contribution is 5.92. The molecule has 21 heavy (non-hydrogen) atoms. The highest BCUT2D eigenvalue weighted by Gasteiger charge is 2.26. The zero-order valence-electron chi connectivity index (χ0n) is 13.0. The molecule has 1 aromatic rings. The molecule has 1 atom stereocenters. The molecule has 1 aliphatic carbocycles. The quantitative estimate of drug-likeness (QED) is 0.893. The van der Waals surface area contributed by atoms with Crippen molar-refractivity contribution in [3.05, 3.63) is 29.3 Å². The van der Waals surface area contributed by atoms with Gasteiger partial charge in [-0.1, -0.05) is 31.4 Å². The maximum absolute atomic E-state index is 11.7. The van der Waals surface area contributed by atoms with Crippen LogP contribution in [-0.2, 0) is 6.54 Å². The van der Waals surface area contributed by atoms with E-state index in [4.69, 9.17) is 0 Å². The molecule has 1 aliphatic heterocycles. The van der Waals surface area contributed by atoms with Crippen molar-refractivity contribution in [3.8, 4) is 0 Å². The molecule has 4 heteroatoms. The molecule has 0 bridgehead atoms. The summed E-state index contributed by atoms with van der Waals surface area (Å²) in [6.07, 6.45) is 6.73. The van der Waals surface area contributed by atoms with Gasteiger partial charge >= 0.3 is 6.03 Å². The first-order chi connectivity index (χ1) is 10.2. The number of nitrogens with zero attached hydrogens (tertiary/aromatic N) is 1. The molecule has 4 nitrogen and oxygen atoms in total. The molecule has 0 spiro atoms. The predicted octanol–water partition coefficient (Wildman–Crippen LogP) is 3.50. The molecule has 0 saturated heterocycles. The first-order valence-electron chi connectivity index (χ1n) is 8.01. The Morgan fingerprint density at radius 2 is 2.05 bits per heavy atom. The van der Waals surface area contributed by atoms with Gasteiger partial charge in [0.15, 0.2) is 0 Å². The average Bonchev–Trinajstić information content (AvgIpc) is 2.50. The Balaban J connectivity index is 1.84. The number of carbonyl (C=O) groups excluding carboxylic acids is 1. The fourth-order valence-corrected chi connectivity index (χ4v) is 3.74. The molecule has 1 aromatic carbocycles. The second kappa shape index (κ2) is 6.06.